The number of hydrogen-bond donors (Lipinski definition) is 5. The van der Waals surface area contributed by atoms with E-state index in [1.165, 1.54) is 12.1 Å². The minimum absolute atomic E-state index is 0.0941. The van der Waals surface area contributed by atoms with Crippen LogP contribution in [0.25, 0.3) is 0 Å². The van der Waals surface area contributed by atoms with Crippen LogP contribution in [0, 0.1) is 0 Å². The lowest BCUT2D eigenvalue weighted by molar-refractivity contribution is 0.0696. The molecule has 3 aromatic carbocycles. The van der Waals surface area contributed by atoms with Crippen LogP contribution in [-0.2, 0) is 6.54 Å². The first kappa shape index (κ1) is 26.2. The summed E-state index contributed by atoms with van der Waals surface area (Å²) in [5, 5.41) is 15.7. The number of aromatic carboxylic acids is 1. The minimum Gasteiger partial charge on any atom is -0.478 e. The molecule has 0 unspecified atom stereocenters. The van der Waals surface area contributed by atoms with E-state index >= 15 is 0 Å². The third-order valence-electron chi connectivity index (χ3n) is 6.57. The minimum atomic E-state index is -1.06. The van der Waals surface area contributed by atoms with Crippen molar-refractivity contribution in [3.8, 4) is 0 Å². The smallest absolute Gasteiger partial charge is 0.335 e. The lowest BCUT2D eigenvalue weighted by Crippen LogP contribution is -2.28. The summed E-state index contributed by atoms with van der Waals surface area (Å²) >= 11 is 0. The summed E-state index contributed by atoms with van der Waals surface area (Å²) in [5.74, 6) is -1.37. The Morgan fingerprint density at radius 1 is 0.946 bits per heavy atom. The van der Waals surface area contributed by atoms with E-state index in [1.54, 1.807) is 18.2 Å². The Balaban J connectivity index is 1.49. The molecule has 0 spiro atoms. The van der Waals surface area contributed by atoms with Gasteiger partial charge in [0.15, 0.2) is 0 Å². The van der Waals surface area contributed by atoms with Crippen LogP contribution in [-0.4, -0.2) is 55.1 Å². The molecule has 0 radical (unpaired) electrons. The number of nitrogens with zero attached hydrogens (tertiary/aromatic N) is 2. The number of carbonyl (C=O) groups excluding carboxylic acids is 1. The molecule has 0 aromatic heterocycles. The Kier molecular flexibility index (Phi) is 8.39. The maximum absolute atomic E-state index is 13.1. The summed E-state index contributed by atoms with van der Waals surface area (Å²) in [7, 11) is 2.13. The normalized spacial score (nSPS) is 14.3. The number of rotatable bonds is 8. The Hall–Kier alpha value is -3.92. The molecule has 0 bridgehead atoms. The van der Waals surface area contributed by atoms with Crippen molar-refractivity contribution in [2.75, 3.05) is 48.8 Å². The standard InChI is InChI=1S/C28H34N6O3/c1-33-12-3-13-34(15-14-33)24-10-8-19(9-11-24)27(35)32-25-17-21(28(36)37)6-7-22(25)18-31-23-5-2-4-20(16-23)26(29)30/h2,4-11,16-17,26,31H,3,12-15,18,29-30H2,1H3,(H,32,35)(H,36,37). The highest BCUT2D eigenvalue weighted by Crippen LogP contribution is 2.23. The van der Waals surface area contributed by atoms with Crippen molar-refractivity contribution in [1.82, 2.24) is 4.90 Å². The van der Waals surface area contributed by atoms with Gasteiger partial charge in [-0.05, 0) is 79.7 Å². The molecule has 9 heteroatoms. The molecule has 3 aromatic rings. The Labute approximate surface area is 217 Å². The van der Waals surface area contributed by atoms with E-state index in [9.17, 15) is 14.7 Å². The van der Waals surface area contributed by atoms with Crippen LogP contribution in [0.2, 0.25) is 0 Å². The molecule has 37 heavy (non-hydrogen) atoms. The fourth-order valence-electron chi connectivity index (χ4n) is 4.36. The predicted octanol–water partition coefficient (Wildman–Crippen LogP) is 3.31. The first-order valence-corrected chi connectivity index (χ1v) is 12.4. The van der Waals surface area contributed by atoms with Crippen LogP contribution in [0.15, 0.2) is 66.7 Å². The van der Waals surface area contributed by atoms with Crippen LogP contribution < -0.4 is 27.0 Å². The molecular weight excluding hydrogens is 468 g/mol. The molecule has 1 aliphatic heterocycles. The van der Waals surface area contributed by atoms with Crippen molar-refractivity contribution in [1.29, 1.82) is 0 Å². The number of carbonyl (C=O) groups is 2. The van der Waals surface area contributed by atoms with Crippen LogP contribution in [0.4, 0.5) is 17.1 Å². The molecule has 4 rings (SSSR count). The van der Waals surface area contributed by atoms with Crippen molar-refractivity contribution < 1.29 is 14.7 Å². The van der Waals surface area contributed by atoms with Gasteiger partial charge < -0.3 is 37.0 Å². The molecule has 9 nitrogen and oxygen atoms in total. The lowest BCUT2D eigenvalue weighted by Gasteiger charge is -2.23. The average molecular weight is 503 g/mol. The number of anilines is 3. The van der Waals surface area contributed by atoms with Gasteiger partial charge in [0.2, 0.25) is 0 Å². The second-order valence-corrected chi connectivity index (χ2v) is 9.33. The first-order chi connectivity index (χ1) is 17.8. The SMILES string of the molecule is CN1CCCN(c2ccc(C(=O)Nc3cc(C(=O)O)ccc3CNc3cccc(C(N)N)c3)cc2)CC1. The van der Waals surface area contributed by atoms with Crippen LogP contribution in [0.1, 0.15) is 44.4 Å². The highest BCUT2D eigenvalue weighted by molar-refractivity contribution is 6.05. The number of carboxylic acids is 1. The quantitative estimate of drug-likeness (QED) is 0.296. The van der Waals surface area contributed by atoms with Crippen LogP contribution >= 0.6 is 0 Å². The largest absolute Gasteiger partial charge is 0.478 e. The van der Waals surface area contributed by atoms with Gasteiger partial charge in [-0.2, -0.15) is 0 Å². The fraction of sp³-hybridized carbons (Fsp3) is 0.286. The second-order valence-electron chi connectivity index (χ2n) is 9.33. The van der Waals surface area contributed by atoms with Gasteiger partial charge in [0.05, 0.1) is 11.7 Å². The van der Waals surface area contributed by atoms with E-state index in [0.29, 0.717) is 17.8 Å². The summed E-state index contributed by atoms with van der Waals surface area (Å²) in [6.07, 6.45) is 0.511. The summed E-state index contributed by atoms with van der Waals surface area (Å²) in [6.45, 7) is 4.37. The predicted molar refractivity (Wildman–Crippen MR) is 147 cm³/mol. The second kappa shape index (κ2) is 11.9. The molecule has 1 heterocycles. The molecule has 7 N–H and O–H groups in total. The third kappa shape index (κ3) is 6.85. The van der Waals surface area contributed by atoms with E-state index < -0.39 is 12.1 Å². The summed E-state index contributed by atoms with van der Waals surface area (Å²) < 4.78 is 0. The molecule has 194 valence electrons. The van der Waals surface area contributed by atoms with Crippen molar-refractivity contribution in [3.05, 3.63) is 89.0 Å². The van der Waals surface area contributed by atoms with Crippen molar-refractivity contribution >= 4 is 28.9 Å². The fourth-order valence-corrected chi connectivity index (χ4v) is 4.36. The van der Waals surface area contributed by atoms with E-state index in [2.05, 4.69) is 27.5 Å². The highest BCUT2D eigenvalue weighted by Gasteiger charge is 2.15. The average Bonchev–Trinajstić information content (AvgIpc) is 3.12. The zero-order chi connectivity index (χ0) is 26.4. The molecule has 1 saturated heterocycles. The maximum Gasteiger partial charge on any atom is 0.335 e. The van der Waals surface area contributed by atoms with E-state index in [1.807, 2.05) is 36.4 Å². The van der Waals surface area contributed by atoms with Crippen molar-refractivity contribution in [3.63, 3.8) is 0 Å². The van der Waals surface area contributed by atoms with Gasteiger partial charge in [0.25, 0.3) is 5.91 Å². The summed E-state index contributed by atoms with van der Waals surface area (Å²) in [6, 6.07) is 19.7. The molecule has 0 atom stereocenters. The van der Waals surface area contributed by atoms with E-state index in [-0.39, 0.29) is 11.5 Å². The van der Waals surface area contributed by atoms with E-state index in [4.69, 9.17) is 11.5 Å². The molecule has 1 fully saturated rings. The molecular formula is C28H34N6O3. The van der Waals surface area contributed by atoms with Crippen molar-refractivity contribution in [2.24, 2.45) is 11.5 Å². The van der Waals surface area contributed by atoms with Crippen LogP contribution in [0.3, 0.4) is 0 Å². The Morgan fingerprint density at radius 2 is 1.70 bits per heavy atom. The van der Waals surface area contributed by atoms with Gasteiger partial charge in [-0.25, -0.2) is 4.79 Å². The molecule has 0 saturated carbocycles. The highest BCUT2D eigenvalue weighted by atomic mass is 16.4. The number of likely N-dealkylation sites (N-methyl/N-ethyl adjacent to an activating group) is 1. The first-order valence-electron chi connectivity index (χ1n) is 12.4. The summed E-state index contributed by atoms with van der Waals surface area (Å²) in [4.78, 5) is 29.3. The number of hydrogen-bond acceptors (Lipinski definition) is 7. The third-order valence-corrected chi connectivity index (χ3v) is 6.57. The Morgan fingerprint density at radius 3 is 2.43 bits per heavy atom. The molecule has 0 aliphatic carbocycles. The Bertz CT molecular complexity index is 1240. The monoisotopic (exact) mass is 502 g/mol. The number of nitrogens with two attached hydrogens (primary N) is 2. The number of nitrogens with one attached hydrogen (secondary N) is 2. The number of carboxylic acid groups (broad SMARTS) is 1. The zero-order valence-electron chi connectivity index (χ0n) is 21.0. The maximum atomic E-state index is 13.1. The van der Waals surface area contributed by atoms with Gasteiger partial charge in [-0.1, -0.05) is 18.2 Å². The van der Waals surface area contributed by atoms with E-state index in [0.717, 1.165) is 55.1 Å². The van der Waals surface area contributed by atoms with Gasteiger partial charge in [-0.15, -0.1) is 0 Å². The van der Waals surface area contributed by atoms with Crippen LogP contribution in [0.5, 0.6) is 0 Å². The zero-order valence-corrected chi connectivity index (χ0v) is 21.0. The lowest BCUT2D eigenvalue weighted by atomic mass is 10.1. The van der Waals surface area contributed by atoms with Crippen molar-refractivity contribution in [2.45, 2.75) is 19.1 Å². The summed E-state index contributed by atoms with van der Waals surface area (Å²) in [5.41, 5.74) is 16.0. The molecule has 1 amide bonds. The number of benzene rings is 3. The number of amides is 1. The van der Waals surface area contributed by atoms with Gasteiger partial charge in [0, 0.05) is 48.8 Å². The molecule has 1 aliphatic rings. The topological polar surface area (TPSA) is 137 Å². The van der Waals surface area contributed by atoms with Gasteiger partial charge in [-0.3, -0.25) is 4.79 Å². The van der Waals surface area contributed by atoms with Gasteiger partial charge >= 0.3 is 5.97 Å². The van der Waals surface area contributed by atoms with Gasteiger partial charge in [0.1, 0.15) is 0 Å².